The number of ketones is 1. The minimum Gasteiger partial charge on any atom is -0.372 e. The van der Waals surface area contributed by atoms with Crippen molar-refractivity contribution in [1.29, 1.82) is 0 Å². The fourth-order valence-electron chi connectivity index (χ4n) is 3.64. The van der Waals surface area contributed by atoms with E-state index in [2.05, 4.69) is 10.2 Å². The first-order valence-electron chi connectivity index (χ1n) is 9.87. The molecule has 158 valence electrons. The van der Waals surface area contributed by atoms with E-state index in [0.717, 1.165) is 25.9 Å². The van der Waals surface area contributed by atoms with Crippen LogP contribution < -0.4 is 10.2 Å². The number of likely N-dealkylation sites (tertiary alicyclic amines) is 1. The number of carbonyl (C=O) groups is 2. The molecule has 8 heteroatoms. The van der Waals surface area contributed by atoms with Gasteiger partial charge in [-0.3, -0.25) is 19.7 Å². The fourth-order valence-corrected chi connectivity index (χ4v) is 3.64. The summed E-state index contributed by atoms with van der Waals surface area (Å²) in [4.78, 5) is 40.8. The lowest BCUT2D eigenvalue weighted by Gasteiger charge is -2.29. The highest BCUT2D eigenvalue weighted by molar-refractivity contribution is 6.15. The second kappa shape index (κ2) is 9.04. The van der Waals surface area contributed by atoms with Gasteiger partial charge in [0, 0.05) is 37.3 Å². The molecule has 1 N–H and O–H groups in total. The van der Waals surface area contributed by atoms with Crippen molar-refractivity contribution in [2.75, 3.05) is 39.1 Å². The van der Waals surface area contributed by atoms with Crippen LogP contribution in [0.2, 0.25) is 0 Å². The van der Waals surface area contributed by atoms with E-state index in [4.69, 9.17) is 0 Å². The molecule has 2 aromatic rings. The molecule has 1 amide bonds. The maximum Gasteiger partial charge on any atom is 0.293 e. The third-order valence-corrected chi connectivity index (χ3v) is 5.39. The standard InChI is InChI=1S/C22H26N4O4/c1-24(2)19-9-8-15(14-20(19)26(29)30)21(27)17-6-4-5-7-18(17)22(28)23-16-10-12-25(3)13-11-16/h4-9,14,16H,10-13H2,1-3H3,(H,23,28). The zero-order valence-electron chi connectivity index (χ0n) is 17.4. The summed E-state index contributed by atoms with van der Waals surface area (Å²) in [7, 11) is 5.45. The zero-order valence-corrected chi connectivity index (χ0v) is 17.4. The van der Waals surface area contributed by atoms with E-state index in [1.165, 1.54) is 6.07 Å². The van der Waals surface area contributed by atoms with Crippen molar-refractivity contribution in [2.24, 2.45) is 0 Å². The fraction of sp³-hybridized carbons (Fsp3) is 0.364. The van der Waals surface area contributed by atoms with Crippen molar-refractivity contribution < 1.29 is 14.5 Å². The van der Waals surface area contributed by atoms with Crippen LogP contribution >= 0.6 is 0 Å². The van der Waals surface area contributed by atoms with Crippen LogP contribution in [0.4, 0.5) is 11.4 Å². The lowest BCUT2D eigenvalue weighted by atomic mass is 9.96. The van der Waals surface area contributed by atoms with Gasteiger partial charge in [0.2, 0.25) is 0 Å². The SMILES string of the molecule is CN1CCC(NC(=O)c2ccccc2C(=O)c2ccc(N(C)C)c([N+](=O)[O-])c2)CC1. The van der Waals surface area contributed by atoms with Crippen LogP contribution in [0.5, 0.6) is 0 Å². The van der Waals surface area contributed by atoms with Gasteiger partial charge in [0.05, 0.1) is 10.5 Å². The molecular weight excluding hydrogens is 384 g/mol. The Kier molecular flexibility index (Phi) is 6.47. The van der Waals surface area contributed by atoms with Crippen molar-refractivity contribution in [3.8, 4) is 0 Å². The smallest absolute Gasteiger partial charge is 0.293 e. The Labute approximate surface area is 175 Å². The Morgan fingerprint density at radius 2 is 1.73 bits per heavy atom. The summed E-state index contributed by atoms with van der Waals surface area (Å²) in [6.45, 7) is 1.82. The summed E-state index contributed by atoms with van der Waals surface area (Å²) in [6, 6.07) is 11.0. The van der Waals surface area contributed by atoms with Gasteiger partial charge in [-0.25, -0.2) is 0 Å². The minimum absolute atomic E-state index is 0.0670. The number of anilines is 1. The van der Waals surface area contributed by atoms with Crippen molar-refractivity contribution in [2.45, 2.75) is 18.9 Å². The molecule has 0 aliphatic carbocycles. The van der Waals surface area contributed by atoms with Crippen LogP contribution in [0.3, 0.4) is 0 Å². The largest absolute Gasteiger partial charge is 0.372 e. The Balaban J connectivity index is 1.88. The third-order valence-electron chi connectivity index (χ3n) is 5.39. The van der Waals surface area contributed by atoms with E-state index in [1.54, 1.807) is 55.4 Å². The van der Waals surface area contributed by atoms with Crippen LogP contribution in [0.25, 0.3) is 0 Å². The number of nitro groups is 1. The average molecular weight is 410 g/mol. The monoisotopic (exact) mass is 410 g/mol. The average Bonchev–Trinajstić information content (AvgIpc) is 2.74. The van der Waals surface area contributed by atoms with E-state index < -0.39 is 10.7 Å². The van der Waals surface area contributed by atoms with Gasteiger partial charge >= 0.3 is 0 Å². The van der Waals surface area contributed by atoms with E-state index in [9.17, 15) is 19.7 Å². The molecule has 1 saturated heterocycles. The normalized spacial score (nSPS) is 14.9. The van der Waals surface area contributed by atoms with Gasteiger partial charge in [0.15, 0.2) is 5.78 Å². The second-order valence-electron chi connectivity index (χ2n) is 7.78. The number of nitrogens with one attached hydrogen (secondary N) is 1. The number of rotatable bonds is 6. The Hall–Kier alpha value is -3.26. The molecule has 2 aromatic carbocycles. The van der Waals surface area contributed by atoms with Crippen LogP contribution in [-0.4, -0.2) is 61.8 Å². The predicted octanol–water partition coefficient (Wildman–Crippen LogP) is 2.72. The van der Waals surface area contributed by atoms with Gasteiger partial charge in [0.1, 0.15) is 5.69 Å². The van der Waals surface area contributed by atoms with E-state index in [1.807, 2.05) is 7.05 Å². The van der Waals surface area contributed by atoms with Crippen molar-refractivity contribution in [3.63, 3.8) is 0 Å². The predicted molar refractivity (Wildman–Crippen MR) is 115 cm³/mol. The van der Waals surface area contributed by atoms with E-state index in [-0.39, 0.29) is 34.3 Å². The van der Waals surface area contributed by atoms with Gasteiger partial charge in [0.25, 0.3) is 11.6 Å². The lowest BCUT2D eigenvalue weighted by molar-refractivity contribution is -0.384. The molecule has 0 radical (unpaired) electrons. The highest BCUT2D eigenvalue weighted by Gasteiger charge is 2.24. The summed E-state index contributed by atoms with van der Waals surface area (Å²) >= 11 is 0. The summed E-state index contributed by atoms with van der Waals surface area (Å²) in [5, 5.41) is 14.5. The molecule has 0 unspecified atom stereocenters. The molecule has 1 fully saturated rings. The van der Waals surface area contributed by atoms with Crippen LogP contribution in [0.1, 0.15) is 39.1 Å². The molecule has 1 heterocycles. The number of benzene rings is 2. The number of carbonyl (C=O) groups excluding carboxylic acids is 2. The first kappa shape index (κ1) is 21.4. The summed E-state index contributed by atoms with van der Waals surface area (Å²) in [5.41, 5.74) is 0.936. The quantitative estimate of drug-likeness (QED) is 0.447. The van der Waals surface area contributed by atoms with Crippen molar-refractivity contribution >= 4 is 23.1 Å². The molecular formula is C22H26N4O4. The highest BCUT2D eigenvalue weighted by atomic mass is 16.6. The number of nitrogens with zero attached hydrogens (tertiary/aromatic N) is 3. The molecule has 0 bridgehead atoms. The number of nitro benzene ring substituents is 1. The zero-order chi connectivity index (χ0) is 21.8. The Morgan fingerprint density at radius 1 is 1.10 bits per heavy atom. The second-order valence-corrected chi connectivity index (χ2v) is 7.78. The van der Waals surface area contributed by atoms with Gasteiger partial charge in [-0.05, 0) is 51.2 Å². The molecule has 0 saturated carbocycles. The number of amides is 1. The topological polar surface area (TPSA) is 95.8 Å². The van der Waals surface area contributed by atoms with Crippen molar-refractivity contribution in [3.05, 3.63) is 69.3 Å². The number of hydrogen-bond acceptors (Lipinski definition) is 6. The molecule has 1 aliphatic rings. The van der Waals surface area contributed by atoms with E-state index in [0.29, 0.717) is 5.69 Å². The van der Waals surface area contributed by atoms with E-state index >= 15 is 0 Å². The highest BCUT2D eigenvalue weighted by Crippen LogP contribution is 2.29. The molecule has 3 rings (SSSR count). The Bertz CT molecular complexity index is 965. The lowest BCUT2D eigenvalue weighted by Crippen LogP contribution is -2.43. The maximum absolute atomic E-state index is 13.1. The first-order valence-corrected chi connectivity index (χ1v) is 9.87. The van der Waals surface area contributed by atoms with Gasteiger partial charge < -0.3 is 15.1 Å². The Morgan fingerprint density at radius 3 is 2.33 bits per heavy atom. The van der Waals surface area contributed by atoms with Gasteiger partial charge in [-0.2, -0.15) is 0 Å². The molecule has 0 spiro atoms. The summed E-state index contributed by atoms with van der Waals surface area (Å²) in [6.07, 6.45) is 1.72. The third kappa shape index (κ3) is 4.65. The molecule has 30 heavy (non-hydrogen) atoms. The number of hydrogen-bond donors (Lipinski definition) is 1. The summed E-state index contributed by atoms with van der Waals surface area (Å²) < 4.78 is 0. The van der Waals surface area contributed by atoms with Crippen molar-refractivity contribution in [1.82, 2.24) is 10.2 Å². The van der Waals surface area contributed by atoms with Crippen LogP contribution in [-0.2, 0) is 0 Å². The van der Waals surface area contributed by atoms with Gasteiger partial charge in [-0.15, -0.1) is 0 Å². The first-order chi connectivity index (χ1) is 14.3. The maximum atomic E-state index is 13.1. The molecule has 1 aliphatic heterocycles. The molecule has 8 nitrogen and oxygen atoms in total. The van der Waals surface area contributed by atoms with Gasteiger partial charge in [-0.1, -0.05) is 18.2 Å². The summed E-state index contributed by atoms with van der Waals surface area (Å²) in [5.74, 6) is -0.717. The van der Waals surface area contributed by atoms with Crippen LogP contribution in [0, 0.1) is 10.1 Å². The minimum atomic E-state index is -0.509. The molecule has 0 aromatic heterocycles. The number of piperidine rings is 1. The van der Waals surface area contributed by atoms with Crippen LogP contribution in [0.15, 0.2) is 42.5 Å². The molecule has 0 atom stereocenters.